The Kier molecular flexibility index (Phi) is 5.11. The zero-order chi connectivity index (χ0) is 11.4. The molecule has 1 aliphatic rings. The Morgan fingerprint density at radius 1 is 1.07 bits per heavy atom. The molecule has 0 bridgehead atoms. The third-order valence-corrected chi connectivity index (χ3v) is 4.53. The molecule has 1 fully saturated rings. The van der Waals surface area contributed by atoms with Crippen molar-refractivity contribution in [2.75, 3.05) is 13.1 Å². The molecule has 0 aromatic carbocycles. The van der Waals surface area contributed by atoms with E-state index >= 15 is 0 Å². The molecule has 90 valence electrons. The van der Waals surface area contributed by atoms with E-state index in [4.69, 9.17) is 0 Å². The summed E-state index contributed by atoms with van der Waals surface area (Å²) in [5.74, 6) is 2.80. The number of nitrogens with zero attached hydrogens (tertiary/aromatic N) is 1. The Hall–Kier alpha value is -0.0400. The first-order valence-electron chi connectivity index (χ1n) is 6.93. The lowest BCUT2D eigenvalue weighted by atomic mass is 9.76. The van der Waals surface area contributed by atoms with E-state index in [1.807, 2.05) is 0 Å². The minimum Gasteiger partial charge on any atom is -0.298 e. The lowest BCUT2D eigenvalue weighted by molar-refractivity contribution is 0.200. The highest BCUT2D eigenvalue weighted by Gasteiger charge is 2.42. The molecule has 15 heavy (non-hydrogen) atoms. The topological polar surface area (TPSA) is 3.01 Å². The molecule has 0 aliphatic carbocycles. The van der Waals surface area contributed by atoms with Crippen LogP contribution in [0.2, 0.25) is 0 Å². The highest BCUT2D eigenvalue weighted by atomic mass is 15.3. The Balaban J connectivity index is 2.55. The molecule has 5 atom stereocenters. The first kappa shape index (κ1) is 13.0. The summed E-state index contributed by atoms with van der Waals surface area (Å²) in [6, 6.07) is 0.916. The van der Waals surface area contributed by atoms with Gasteiger partial charge in [0.1, 0.15) is 0 Å². The lowest BCUT2D eigenvalue weighted by Gasteiger charge is -2.30. The van der Waals surface area contributed by atoms with Gasteiger partial charge in [-0.15, -0.1) is 0 Å². The Bertz CT molecular complexity index is 178. The molecule has 0 spiro atoms. The Morgan fingerprint density at radius 2 is 1.73 bits per heavy atom. The molecule has 0 radical (unpaired) electrons. The van der Waals surface area contributed by atoms with Gasteiger partial charge in [-0.2, -0.15) is 0 Å². The molecule has 1 heterocycles. The normalized spacial score (nSPS) is 31.0. The Labute approximate surface area is 96.2 Å². The van der Waals surface area contributed by atoms with E-state index in [2.05, 4.69) is 39.5 Å². The molecular weight excluding hydrogens is 182 g/mol. The third-order valence-electron chi connectivity index (χ3n) is 4.53. The van der Waals surface area contributed by atoms with Crippen molar-refractivity contribution >= 4 is 0 Å². The standard InChI is InChI=1S/C14H29N/c1-6-11(5)12(7-2)13(8-3)14-10-15(14)9-4/h11-14H,6-10H2,1-5H3. The molecule has 5 unspecified atom stereocenters. The van der Waals surface area contributed by atoms with Crippen LogP contribution in [0.25, 0.3) is 0 Å². The SMILES string of the molecule is CCC(C)C(CC)C(CC)C1CN1CC. The maximum atomic E-state index is 2.62. The van der Waals surface area contributed by atoms with E-state index in [1.54, 1.807) is 0 Å². The highest BCUT2D eigenvalue weighted by Crippen LogP contribution is 2.38. The van der Waals surface area contributed by atoms with Gasteiger partial charge in [0.05, 0.1) is 0 Å². The Morgan fingerprint density at radius 3 is 2.07 bits per heavy atom. The second-order valence-electron chi connectivity index (χ2n) is 5.18. The van der Waals surface area contributed by atoms with Crippen LogP contribution in [0.1, 0.15) is 53.9 Å². The van der Waals surface area contributed by atoms with Crippen LogP contribution in [0, 0.1) is 17.8 Å². The average molecular weight is 211 g/mol. The minimum absolute atomic E-state index is 0.902. The molecule has 1 rings (SSSR count). The van der Waals surface area contributed by atoms with E-state index in [0.717, 1.165) is 23.8 Å². The van der Waals surface area contributed by atoms with Crippen LogP contribution in [0.15, 0.2) is 0 Å². The van der Waals surface area contributed by atoms with Gasteiger partial charge in [0, 0.05) is 12.6 Å². The van der Waals surface area contributed by atoms with Crippen LogP contribution in [-0.2, 0) is 0 Å². The second-order valence-corrected chi connectivity index (χ2v) is 5.18. The molecule has 1 heteroatoms. The van der Waals surface area contributed by atoms with Crippen LogP contribution < -0.4 is 0 Å². The van der Waals surface area contributed by atoms with Gasteiger partial charge in [-0.3, -0.25) is 4.90 Å². The summed E-state index contributed by atoms with van der Waals surface area (Å²) in [4.78, 5) is 2.62. The summed E-state index contributed by atoms with van der Waals surface area (Å²) in [6.45, 7) is 14.4. The minimum atomic E-state index is 0.902. The predicted octanol–water partition coefficient (Wildman–Crippen LogP) is 3.79. The predicted molar refractivity (Wildman–Crippen MR) is 68.1 cm³/mol. The number of hydrogen-bond acceptors (Lipinski definition) is 1. The van der Waals surface area contributed by atoms with Crippen molar-refractivity contribution in [1.82, 2.24) is 4.90 Å². The molecule has 1 saturated heterocycles. The van der Waals surface area contributed by atoms with Crippen molar-refractivity contribution in [1.29, 1.82) is 0 Å². The van der Waals surface area contributed by atoms with Gasteiger partial charge < -0.3 is 0 Å². The van der Waals surface area contributed by atoms with Gasteiger partial charge in [0.25, 0.3) is 0 Å². The van der Waals surface area contributed by atoms with Gasteiger partial charge in [-0.1, -0.05) is 53.9 Å². The lowest BCUT2D eigenvalue weighted by Crippen LogP contribution is -2.27. The summed E-state index contributed by atoms with van der Waals surface area (Å²) >= 11 is 0. The summed E-state index contributed by atoms with van der Waals surface area (Å²) < 4.78 is 0. The second kappa shape index (κ2) is 5.89. The zero-order valence-corrected chi connectivity index (χ0v) is 11.3. The quantitative estimate of drug-likeness (QED) is 0.579. The maximum absolute atomic E-state index is 2.62. The van der Waals surface area contributed by atoms with Crippen LogP contribution in [0.4, 0.5) is 0 Å². The van der Waals surface area contributed by atoms with Crippen LogP contribution in [0.5, 0.6) is 0 Å². The fourth-order valence-electron chi connectivity index (χ4n) is 3.25. The molecule has 0 amide bonds. The summed E-state index contributed by atoms with van der Waals surface area (Å²) in [5.41, 5.74) is 0. The van der Waals surface area contributed by atoms with E-state index in [9.17, 15) is 0 Å². The fraction of sp³-hybridized carbons (Fsp3) is 1.00. The van der Waals surface area contributed by atoms with Crippen molar-refractivity contribution in [3.8, 4) is 0 Å². The molecule has 0 aromatic heterocycles. The van der Waals surface area contributed by atoms with Crippen molar-refractivity contribution in [2.45, 2.75) is 59.9 Å². The van der Waals surface area contributed by atoms with Gasteiger partial charge in [0.2, 0.25) is 0 Å². The van der Waals surface area contributed by atoms with Gasteiger partial charge >= 0.3 is 0 Å². The monoisotopic (exact) mass is 211 g/mol. The van der Waals surface area contributed by atoms with E-state index in [1.165, 1.54) is 32.4 Å². The van der Waals surface area contributed by atoms with Crippen LogP contribution in [0.3, 0.4) is 0 Å². The van der Waals surface area contributed by atoms with Crippen LogP contribution in [-0.4, -0.2) is 24.0 Å². The van der Waals surface area contributed by atoms with Crippen molar-refractivity contribution < 1.29 is 0 Å². The largest absolute Gasteiger partial charge is 0.298 e. The number of hydrogen-bond donors (Lipinski definition) is 0. The van der Waals surface area contributed by atoms with Crippen molar-refractivity contribution in [3.05, 3.63) is 0 Å². The van der Waals surface area contributed by atoms with Gasteiger partial charge in [0.15, 0.2) is 0 Å². The van der Waals surface area contributed by atoms with E-state index in [-0.39, 0.29) is 0 Å². The summed E-state index contributed by atoms with van der Waals surface area (Å²) in [5, 5.41) is 0. The highest BCUT2D eigenvalue weighted by molar-refractivity contribution is 4.96. The molecule has 0 N–H and O–H groups in total. The molecule has 0 saturated carbocycles. The summed E-state index contributed by atoms with van der Waals surface area (Å²) in [6.07, 6.45) is 4.07. The maximum Gasteiger partial charge on any atom is 0.0254 e. The zero-order valence-electron chi connectivity index (χ0n) is 11.3. The number of rotatable bonds is 7. The first-order valence-corrected chi connectivity index (χ1v) is 6.93. The van der Waals surface area contributed by atoms with E-state index in [0.29, 0.717) is 0 Å². The van der Waals surface area contributed by atoms with Crippen molar-refractivity contribution in [2.24, 2.45) is 17.8 Å². The number of likely N-dealkylation sites (N-methyl/N-ethyl adjacent to an activating group) is 1. The van der Waals surface area contributed by atoms with Gasteiger partial charge in [-0.25, -0.2) is 0 Å². The molecule has 0 aromatic rings. The van der Waals surface area contributed by atoms with Crippen molar-refractivity contribution in [3.63, 3.8) is 0 Å². The fourth-order valence-corrected chi connectivity index (χ4v) is 3.25. The van der Waals surface area contributed by atoms with E-state index < -0.39 is 0 Å². The molecular formula is C14H29N. The third kappa shape index (κ3) is 2.96. The smallest absolute Gasteiger partial charge is 0.0254 e. The molecule has 1 aliphatic heterocycles. The average Bonchev–Trinajstić information content (AvgIpc) is 3.03. The van der Waals surface area contributed by atoms with Gasteiger partial charge in [-0.05, 0) is 24.3 Å². The summed E-state index contributed by atoms with van der Waals surface area (Å²) in [7, 11) is 0. The van der Waals surface area contributed by atoms with Crippen LogP contribution >= 0.6 is 0 Å². The first-order chi connectivity index (χ1) is 7.19. The molecule has 1 nitrogen and oxygen atoms in total.